The molecule has 1 rings (SSSR count). The summed E-state index contributed by atoms with van der Waals surface area (Å²) in [4.78, 5) is 0.660. The molecule has 1 aromatic carbocycles. The molecule has 3 N–H and O–H groups in total. The van der Waals surface area contributed by atoms with Gasteiger partial charge in [0.05, 0.1) is 4.90 Å². The van der Waals surface area contributed by atoms with Gasteiger partial charge in [-0.15, -0.1) is 0 Å². The Morgan fingerprint density at radius 2 is 2.17 bits per heavy atom. The average molecular weight is 269 g/mol. The number of rotatable bonds is 6. The quantitative estimate of drug-likeness (QED) is 0.616. The molecule has 1 atom stereocenters. The Kier molecular flexibility index (Phi) is 5.62. The molecule has 1 unspecified atom stereocenters. The molecule has 0 radical (unpaired) electrons. The number of nitrogens with zero attached hydrogens (tertiary/aromatic N) is 1. The summed E-state index contributed by atoms with van der Waals surface area (Å²) in [5.74, 6) is 0. The van der Waals surface area contributed by atoms with Crippen LogP contribution >= 0.6 is 0 Å². The van der Waals surface area contributed by atoms with E-state index in [1.165, 1.54) is 0 Å². The van der Waals surface area contributed by atoms with Crippen LogP contribution in [0.15, 0.2) is 33.5 Å². The van der Waals surface area contributed by atoms with Crippen molar-refractivity contribution in [3.63, 3.8) is 0 Å². The highest BCUT2D eigenvalue weighted by molar-refractivity contribution is 7.91. The maximum Gasteiger partial charge on any atom is 0.137 e. The van der Waals surface area contributed by atoms with Crippen molar-refractivity contribution >= 4 is 15.6 Å². The third-order valence-corrected chi connectivity index (χ3v) is 4.59. The summed E-state index contributed by atoms with van der Waals surface area (Å²) in [6.07, 6.45) is 1.98. The predicted molar refractivity (Wildman–Crippen MR) is 77.7 cm³/mol. The van der Waals surface area contributed by atoms with Gasteiger partial charge in [0.15, 0.2) is 0 Å². The smallest absolute Gasteiger partial charge is 0.137 e. The van der Waals surface area contributed by atoms with Crippen molar-refractivity contribution < 1.29 is 4.21 Å². The Morgan fingerprint density at radius 1 is 1.44 bits per heavy atom. The van der Waals surface area contributed by atoms with Gasteiger partial charge in [0.2, 0.25) is 0 Å². The molecule has 0 saturated carbocycles. The zero-order valence-electron chi connectivity index (χ0n) is 11.3. The van der Waals surface area contributed by atoms with Crippen molar-refractivity contribution in [1.29, 1.82) is 0 Å². The van der Waals surface area contributed by atoms with E-state index in [9.17, 15) is 4.21 Å². The Balaban J connectivity index is 3.12. The lowest BCUT2D eigenvalue weighted by atomic mass is 10.3. The standard InChI is InChI=1S/C13H23N3OS/c1-4-5-9-15-18(17,16-11(2)3)13-8-6-7-12(14)10-13/h6-8,10-11H,4-5,9,14H2,1-3H3,(H,15,16,17). The number of nitrogen functional groups attached to an aromatic ring is 1. The van der Waals surface area contributed by atoms with Crippen LogP contribution in [0.4, 0.5) is 5.69 Å². The van der Waals surface area contributed by atoms with Crippen LogP contribution in [-0.2, 0) is 9.92 Å². The van der Waals surface area contributed by atoms with Crippen LogP contribution in [0.1, 0.15) is 33.6 Å². The predicted octanol–water partition coefficient (Wildman–Crippen LogP) is 2.81. The molecule has 0 saturated heterocycles. The molecule has 1 aromatic rings. The maximum absolute atomic E-state index is 12.9. The fourth-order valence-electron chi connectivity index (χ4n) is 1.54. The average Bonchev–Trinajstić information content (AvgIpc) is 2.28. The van der Waals surface area contributed by atoms with E-state index in [1.807, 2.05) is 26.0 Å². The number of hydrogen-bond donors (Lipinski definition) is 2. The van der Waals surface area contributed by atoms with E-state index < -0.39 is 9.92 Å². The van der Waals surface area contributed by atoms with E-state index in [0.29, 0.717) is 17.1 Å². The summed E-state index contributed by atoms with van der Waals surface area (Å²) in [6.45, 7) is 6.61. The molecule has 102 valence electrons. The summed E-state index contributed by atoms with van der Waals surface area (Å²) in [7, 11) is -2.57. The Labute approximate surface area is 110 Å². The summed E-state index contributed by atoms with van der Waals surface area (Å²) < 4.78 is 20.3. The molecule has 0 aromatic heterocycles. The van der Waals surface area contributed by atoms with Gasteiger partial charge in [0, 0.05) is 18.3 Å². The van der Waals surface area contributed by atoms with Crippen molar-refractivity contribution in [3.8, 4) is 0 Å². The van der Waals surface area contributed by atoms with Gasteiger partial charge in [0.1, 0.15) is 9.92 Å². The minimum absolute atomic E-state index is 0.101. The Hall–Kier alpha value is -1.07. The molecule has 0 heterocycles. The van der Waals surface area contributed by atoms with Crippen LogP contribution < -0.4 is 10.5 Å². The first-order chi connectivity index (χ1) is 8.48. The zero-order chi connectivity index (χ0) is 13.6. The minimum Gasteiger partial charge on any atom is -0.399 e. The van der Waals surface area contributed by atoms with E-state index in [0.717, 1.165) is 12.8 Å². The van der Waals surface area contributed by atoms with E-state index in [1.54, 1.807) is 12.1 Å². The third kappa shape index (κ3) is 4.31. The summed E-state index contributed by atoms with van der Waals surface area (Å²) in [5.41, 5.74) is 6.35. The molecule has 0 fully saturated rings. The van der Waals surface area contributed by atoms with Crippen LogP contribution in [-0.4, -0.2) is 16.8 Å². The lowest BCUT2D eigenvalue weighted by Crippen LogP contribution is -2.30. The van der Waals surface area contributed by atoms with Crippen LogP contribution in [0.25, 0.3) is 0 Å². The lowest BCUT2D eigenvalue weighted by molar-refractivity contribution is 0.643. The number of anilines is 1. The van der Waals surface area contributed by atoms with Gasteiger partial charge in [-0.2, -0.15) is 0 Å². The van der Waals surface area contributed by atoms with Gasteiger partial charge in [-0.25, -0.2) is 13.3 Å². The van der Waals surface area contributed by atoms with Gasteiger partial charge in [-0.1, -0.05) is 19.4 Å². The number of hydrogen-bond acceptors (Lipinski definition) is 3. The number of unbranched alkanes of at least 4 members (excludes halogenated alkanes) is 1. The molecule has 0 bridgehead atoms. The Morgan fingerprint density at radius 3 is 2.72 bits per heavy atom. The van der Waals surface area contributed by atoms with Crippen LogP contribution in [0.2, 0.25) is 0 Å². The molecule has 0 amide bonds. The zero-order valence-corrected chi connectivity index (χ0v) is 12.2. The number of nitrogens with one attached hydrogen (secondary N) is 1. The fraction of sp³-hybridized carbons (Fsp3) is 0.538. The maximum atomic E-state index is 12.9. The molecular weight excluding hydrogens is 246 g/mol. The van der Waals surface area contributed by atoms with E-state index in [2.05, 4.69) is 16.0 Å². The molecule has 0 aliphatic heterocycles. The second-order valence-corrected chi connectivity index (χ2v) is 6.59. The number of nitrogens with two attached hydrogens (primary N) is 1. The fourth-order valence-corrected chi connectivity index (χ4v) is 3.48. The molecule has 4 nitrogen and oxygen atoms in total. The van der Waals surface area contributed by atoms with E-state index in [-0.39, 0.29) is 6.04 Å². The van der Waals surface area contributed by atoms with Gasteiger partial charge >= 0.3 is 0 Å². The van der Waals surface area contributed by atoms with Crippen molar-refractivity contribution in [2.45, 2.75) is 44.6 Å². The topological polar surface area (TPSA) is 67.5 Å². The largest absolute Gasteiger partial charge is 0.399 e. The van der Waals surface area contributed by atoms with Crippen molar-refractivity contribution in [2.24, 2.45) is 4.36 Å². The molecule has 5 heteroatoms. The van der Waals surface area contributed by atoms with Crippen molar-refractivity contribution in [1.82, 2.24) is 4.72 Å². The van der Waals surface area contributed by atoms with Gasteiger partial charge in [-0.3, -0.25) is 0 Å². The normalized spacial score (nSPS) is 14.4. The van der Waals surface area contributed by atoms with Gasteiger partial charge < -0.3 is 5.73 Å². The SMILES string of the molecule is CCCCN=S(=O)(NC(C)C)c1cccc(N)c1. The van der Waals surface area contributed by atoms with Gasteiger partial charge in [0.25, 0.3) is 0 Å². The second-order valence-electron chi connectivity index (χ2n) is 4.58. The van der Waals surface area contributed by atoms with Gasteiger partial charge in [-0.05, 0) is 38.5 Å². The highest BCUT2D eigenvalue weighted by Gasteiger charge is 2.13. The van der Waals surface area contributed by atoms with Crippen LogP contribution in [0, 0.1) is 0 Å². The number of benzene rings is 1. The second kappa shape index (κ2) is 6.75. The van der Waals surface area contributed by atoms with Crippen LogP contribution in [0.3, 0.4) is 0 Å². The monoisotopic (exact) mass is 269 g/mol. The molecule has 0 aliphatic rings. The van der Waals surface area contributed by atoms with Crippen molar-refractivity contribution in [3.05, 3.63) is 24.3 Å². The first kappa shape index (κ1) is 15.0. The van der Waals surface area contributed by atoms with Crippen molar-refractivity contribution in [2.75, 3.05) is 12.3 Å². The molecular formula is C13H23N3OS. The van der Waals surface area contributed by atoms with Crippen LogP contribution in [0.5, 0.6) is 0 Å². The van der Waals surface area contributed by atoms with E-state index >= 15 is 0 Å². The molecule has 0 aliphatic carbocycles. The Bertz CT molecular complexity index is 491. The first-order valence-corrected chi connectivity index (χ1v) is 7.85. The highest BCUT2D eigenvalue weighted by Crippen LogP contribution is 2.16. The molecule has 0 spiro atoms. The lowest BCUT2D eigenvalue weighted by Gasteiger charge is -2.15. The third-order valence-electron chi connectivity index (χ3n) is 2.36. The van der Waals surface area contributed by atoms with E-state index in [4.69, 9.17) is 5.73 Å². The minimum atomic E-state index is -2.57. The highest BCUT2D eigenvalue weighted by atomic mass is 32.2. The first-order valence-electron chi connectivity index (χ1n) is 6.33. The summed E-state index contributed by atoms with van der Waals surface area (Å²) in [6, 6.07) is 7.23. The summed E-state index contributed by atoms with van der Waals surface area (Å²) in [5, 5.41) is 0. The summed E-state index contributed by atoms with van der Waals surface area (Å²) >= 11 is 0. The molecule has 18 heavy (non-hydrogen) atoms.